The van der Waals surface area contributed by atoms with E-state index in [1.807, 2.05) is 30.3 Å². The minimum Gasteiger partial charge on any atom is -0.207 e. The van der Waals surface area contributed by atoms with Gasteiger partial charge in [-0.3, -0.25) is 0 Å². The molecule has 0 aromatic heterocycles. The zero-order chi connectivity index (χ0) is 11.9. The predicted molar refractivity (Wildman–Crippen MR) is 63.5 cm³/mol. The molecule has 1 radical (unpaired) electrons. The Labute approximate surface area is 96.7 Å². The van der Waals surface area contributed by atoms with E-state index in [4.69, 9.17) is 0 Å². The van der Waals surface area contributed by atoms with E-state index in [2.05, 4.69) is 6.92 Å². The average Bonchev–Trinajstić information content (AvgIpc) is 2.28. The van der Waals surface area contributed by atoms with E-state index in [0.717, 1.165) is 18.4 Å². The van der Waals surface area contributed by atoms with Gasteiger partial charge >= 0.3 is 0 Å². The predicted octanol–water partition coefficient (Wildman–Crippen LogP) is 4.65. The molecule has 0 saturated carbocycles. The van der Waals surface area contributed by atoms with Crippen LogP contribution in [0.1, 0.15) is 37.7 Å². The fraction of sp³-hybridized carbons (Fsp3) is 0.500. The van der Waals surface area contributed by atoms with Gasteiger partial charge in [0.25, 0.3) is 0 Å². The number of hydrogen-bond acceptors (Lipinski definition) is 0. The van der Waals surface area contributed by atoms with E-state index in [1.54, 1.807) is 0 Å². The molecule has 0 N–H and O–H groups in total. The van der Waals surface area contributed by atoms with Crippen molar-refractivity contribution >= 4 is 0 Å². The van der Waals surface area contributed by atoms with Crippen LogP contribution in [-0.4, -0.2) is 5.92 Å². The van der Waals surface area contributed by atoms with Gasteiger partial charge in [-0.2, -0.15) is 0 Å². The quantitative estimate of drug-likeness (QED) is 0.592. The summed E-state index contributed by atoms with van der Waals surface area (Å²) >= 11 is 0. The van der Waals surface area contributed by atoms with Gasteiger partial charge in [-0.25, -0.2) is 8.78 Å². The van der Waals surface area contributed by atoms with Gasteiger partial charge < -0.3 is 0 Å². The van der Waals surface area contributed by atoms with Crippen LogP contribution in [0.15, 0.2) is 30.3 Å². The molecule has 1 aromatic carbocycles. The molecule has 0 atom stereocenters. The lowest BCUT2D eigenvalue weighted by atomic mass is 10.0. The third-order valence-electron chi connectivity index (χ3n) is 2.66. The first kappa shape index (κ1) is 13.1. The Balaban J connectivity index is 2.30. The van der Waals surface area contributed by atoms with E-state index >= 15 is 0 Å². The first-order chi connectivity index (χ1) is 7.64. The second-order valence-corrected chi connectivity index (χ2v) is 4.15. The number of rotatable bonds is 7. The van der Waals surface area contributed by atoms with Gasteiger partial charge in [0.1, 0.15) is 0 Å². The van der Waals surface area contributed by atoms with Gasteiger partial charge in [-0.15, -0.1) is 0 Å². The highest BCUT2D eigenvalue weighted by molar-refractivity contribution is 5.14. The highest BCUT2D eigenvalue weighted by Gasteiger charge is 2.27. The molecular weight excluding hydrogens is 206 g/mol. The Morgan fingerprint density at radius 1 is 1.00 bits per heavy atom. The Kier molecular flexibility index (Phi) is 5.44. The van der Waals surface area contributed by atoms with Crippen LogP contribution in [0.5, 0.6) is 0 Å². The first-order valence-corrected chi connectivity index (χ1v) is 5.85. The van der Waals surface area contributed by atoms with Crippen LogP contribution in [0.3, 0.4) is 0 Å². The second kappa shape index (κ2) is 6.62. The summed E-state index contributed by atoms with van der Waals surface area (Å²) < 4.78 is 26.8. The van der Waals surface area contributed by atoms with Crippen molar-refractivity contribution in [2.75, 3.05) is 0 Å². The number of halogens is 2. The number of alkyl halides is 2. The van der Waals surface area contributed by atoms with Crippen LogP contribution < -0.4 is 0 Å². The molecule has 0 bridgehead atoms. The maximum atomic E-state index is 13.4. The summed E-state index contributed by atoms with van der Waals surface area (Å²) in [5.41, 5.74) is 0.985. The smallest absolute Gasteiger partial charge is 0.207 e. The summed E-state index contributed by atoms with van der Waals surface area (Å²) in [6.07, 6.45) is 2.52. The lowest BCUT2D eigenvalue weighted by Gasteiger charge is -2.15. The first-order valence-electron chi connectivity index (χ1n) is 5.85. The van der Waals surface area contributed by atoms with E-state index in [9.17, 15) is 8.78 Å². The van der Waals surface area contributed by atoms with Crippen molar-refractivity contribution in [3.8, 4) is 0 Å². The molecule has 1 aromatic rings. The van der Waals surface area contributed by atoms with Crippen LogP contribution in [-0.2, 0) is 6.42 Å². The Bertz CT molecular complexity index is 280. The zero-order valence-electron chi connectivity index (χ0n) is 9.59. The van der Waals surface area contributed by atoms with Gasteiger partial charge in [0.2, 0.25) is 5.92 Å². The van der Waals surface area contributed by atoms with E-state index in [0.29, 0.717) is 12.8 Å². The van der Waals surface area contributed by atoms with Crippen LogP contribution in [0.2, 0.25) is 0 Å². The van der Waals surface area contributed by atoms with Gasteiger partial charge in [-0.05, 0) is 18.4 Å². The van der Waals surface area contributed by atoms with Crippen molar-refractivity contribution in [3.63, 3.8) is 0 Å². The molecule has 16 heavy (non-hydrogen) atoms. The normalized spacial score (nSPS) is 11.7. The van der Waals surface area contributed by atoms with Gasteiger partial charge in [0.05, 0.1) is 0 Å². The van der Waals surface area contributed by atoms with E-state index in [1.165, 1.54) is 0 Å². The molecule has 0 aliphatic heterocycles. The minimum atomic E-state index is -2.52. The van der Waals surface area contributed by atoms with Crippen LogP contribution in [0, 0.1) is 6.92 Å². The van der Waals surface area contributed by atoms with Gasteiger partial charge in [0.15, 0.2) is 0 Å². The number of unbranched alkanes of at least 4 members (excludes halogenated alkanes) is 2. The van der Waals surface area contributed by atoms with E-state index < -0.39 is 5.92 Å². The molecule has 1 rings (SSSR count). The fourth-order valence-electron chi connectivity index (χ4n) is 1.66. The molecule has 0 unspecified atom stereocenters. The Hall–Kier alpha value is -0.920. The van der Waals surface area contributed by atoms with E-state index in [-0.39, 0.29) is 12.8 Å². The monoisotopic (exact) mass is 225 g/mol. The van der Waals surface area contributed by atoms with Crippen molar-refractivity contribution in [1.82, 2.24) is 0 Å². The van der Waals surface area contributed by atoms with Crippen LogP contribution in [0.4, 0.5) is 8.78 Å². The van der Waals surface area contributed by atoms with Crippen molar-refractivity contribution in [2.45, 2.75) is 44.4 Å². The standard InChI is InChI=1S/C14H19F2/c1-2-3-7-11-14(15,16)12-10-13-8-5-4-6-9-13/h4-6,8-9H,1-3,7,10-12H2. The van der Waals surface area contributed by atoms with Crippen molar-refractivity contribution in [3.05, 3.63) is 42.8 Å². The van der Waals surface area contributed by atoms with Crippen molar-refractivity contribution in [2.24, 2.45) is 0 Å². The highest BCUT2D eigenvalue weighted by atomic mass is 19.3. The second-order valence-electron chi connectivity index (χ2n) is 4.15. The molecular formula is C14H19F2. The molecule has 2 heteroatoms. The van der Waals surface area contributed by atoms with Gasteiger partial charge in [0, 0.05) is 12.8 Å². The molecule has 0 aliphatic carbocycles. The number of hydrogen-bond donors (Lipinski definition) is 0. The SMILES string of the molecule is [CH2]CCCCC(F)(F)CCc1ccccc1. The fourth-order valence-corrected chi connectivity index (χ4v) is 1.66. The van der Waals surface area contributed by atoms with Crippen LogP contribution in [0.25, 0.3) is 0 Å². The van der Waals surface area contributed by atoms with Crippen molar-refractivity contribution < 1.29 is 8.78 Å². The molecule has 0 nitrogen and oxygen atoms in total. The molecule has 0 saturated heterocycles. The summed E-state index contributed by atoms with van der Waals surface area (Å²) in [4.78, 5) is 0. The Morgan fingerprint density at radius 2 is 1.69 bits per heavy atom. The molecule has 0 amide bonds. The third-order valence-corrected chi connectivity index (χ3v) is 2.66. The average molecular weight is 225 g/mol. The lowest BCUT2D eigenvalue weighted by molar-refractivity contribution is -0.0179. The zero-order valence-corrected chi connectivity index (χ0v) is 9.59. The molecule has 0 aliphatic rings. The maximum Gasteiger partial charge on any atom is 0.248 e. The Morgan fingerprint density at radius 3 is 2.31 bits per heavy atom. The van der Waals surface area contributed by atoms with Crippen molar-refractivity contribution in [1.29, 1.82) is 0 Å². The highest BCUT2D eigenvalue weighted by Crippen LogP contribution is 2.27. The largest absolute Gasteiger partial charge is 0.248 e. The lowest BCUT2D eigenvalue weighted by Crippen LogP contribution is -2.16. The summed E-state index contributed by atoms with van der Waals surface area (Å²) in [5, 5.41) is 0. The maximum absolute atomic E-state index is 13.4. The summed E-state index contributed by atoms with van der Waals surface area (Å²) in [7, 11) is 0. The summed E-state index contributed by atoms with van der Waals surface area (Å²) in [5.74, 6) is -2.52. The number of aryl methyl sites for hydroxylation is 1. The molecule has 0 fully saturated rings. The summed E-state index contributed by atoms with van der Waals surface area (Å²) in [6, 6.07) is 9.46. The third kappa shape index (κ3) is 5.24. The molecule has 0 heterocycles. The molecule has 0 spiro atoms. The van der Waals surface area contributed by atoms with Gasteiger partial charge in [-0.1, -0.05) is 50.1 Å². The molecule has 89 valence electrons. The minimum absolute atomic E-state index is 0.00461. The topological polar surface area (TPSA) is 0 Å². The number of benzene rings is 1. The van der Waals surface area contributed by atoms with Crippen LogP contribution >= 0.6 is 0 Å². The summed E-state index contributed by atoms with van der Waals surface area (Å²) in [6.45, 7) is 3.65.